The molecule has 0 bridgehead atoms. The molecule has 0 fully saturated rings. The van der Waals surface area contributed by atoms with Crippen LogP contribution in [0.2, 0.25) is 0 Å². The number of hydrogen-bond acceptors (Lipinski definition) is 2. The van der Waals surface area contributed by atoms with Crippen LogP contribution < -0.4 is 4.90 Å². The molecule has 3 aromatic rings. The van der Waals surface area contributed by atoms with Crippen molar-refractivity contribution in [2.24, 2.45) is 0 Å². The molecule has 3 nitrogen and oxygen atoms in total. The van der Waals surface area contributed by atoms with E-state index in [2.05, 4.69) is 20.9 Å². The molecule has 0 spiro atoms. The van der Waals surface area contributed by atoms with Gasteiger partial charge < -0.3 is 9.88 Å². The summed E-state index contributed by atoms with van der Waals surface area (Å²) in [6.07, 6.45) is 0.904. The lowest BCUT2D eigenvalue weighted by molar-refractivity contribution is 0.112. The molecule has 0 aliphatic rings. The van der Waals surface area contributed by atoms with Crippen molar-refractivity contribution in [3.8, 4) is 0 Å². The van der Waals surface area contributed by atoms with Crippen molar-refractivity contribution in [1.82, 2.24) is 4.98 Å². The van der Waals surface area contributed by atoms with Gasteiger partial charge in [-0.25, -0.2) is 0 Å². The Hall–Kier alpha value is -2.07. The van der Waals surface area contributed by atoms with Crippen molar-refractivity contribution in [3.05, 3.63) is 58.6 Å². The zero-order chi connectivity index (χ0) is 14.1. The van der Waals surface area contributed by atoms with Crippen molar-refractivity contribution >= 4 is 44.6 Å². The third kappa shape index (κ3) is 2.02. The summed E-state index contributed by atoms with van der Waals surface area (Å²) >= 11 is 3.54. The van der Waals surface area contributed by atoms with Crippen LogP contribution >= 0.6 is 15.9 Å². The number of hydrogen-bond donors (Lipinski definition) is 1. The van der Waals surface area contributed by atoms with Gasteiger partial charge in [-0.1, -0.05) is 30.3 Å². The Morgan fingerprint density at radius 1 is 1.10 bits per heavy atom. The van der Waals surface area contributed by atoms with E-state index in [4.69, 9.17) is 0 Å². The summed E-state index contributed by atoms with van der Waals surface area (Å²) in [5, 5.41) is 0.941. The lowest BCUT2D eigenvalue weighted by Crippen LogP contribution is -2.12. The van der Waals surface area contributed by atoms with Gasteiger partial charge in [-0.15, -0.1) is 0 Å². The van der Waals surface area contributed by atoms with Crippen LogP contribution in [0.25, 0.3) is 10.9 Å². The molecule has 0 saturated carbocycles. The number of aromatic amines is 1. The number of aromatic nitrogens is 1. The number of nitrogens with zero attached hydrogens (tertiary/aromatic N) is 1. The second-order valence-corrected chi connectivity index (χ2v) is 5.42. The van der Waals surface area contributed by atoms with E-state index in [0.717, 1.165) is 33.2 Å². The molecule has 1 aromatic heterocycles. The summed E-state index contributed by atoms with van der Waals surface area (Å²) < 4.78 is 0.984. The number of para-hydroxylation sites is 2. The van der Waals surface area contributed by atoms with E-state index in [-0.39, 0.29) is 0 Å². The van der Waals surface area contributed by atoms with Crippen LogP contribution in [0.4, 0.5) is 11.5 Å². The number of anilines is 2. The number of aldehydes is 1. The first-order valence-electron chi connectivity index (χ1n) is 6.26. The standard InChI is InChI=1S/C16H13BrN2O/c1-19(15-9-5-3-7-13(15)17)16-12(10-20)11-6-2-4-8-14(11)18-16/h2-10,18H,1H3. The number of carbonyl (C=O) groups excluding carboxylic acids is 1. The minimum atomic E-state index is 0.679. The average Bonchev–Trinajstić information content (AvgIpc) is 2.85. The number of halogens is 1. The fourth-order valence-corrected chi connectivity index (χ4v) is 2.93. The monoisotopic (exact) mass is 328 g/mol. The fourth-order valence-electron chi connectivity index (χ4n) is 2.38. The van der Waals surface area contributed by atoms with Crippen LogP contribution in [0.1, 0.15) is 10.4 Å². The third-order valence-corrected chi connectivity index (χ3v) is 4.06. The topological polar surface area (TPSA) is 36.1 Å². The summed E-state index contributed by atoms with van der Waals surface area (Å²) in [5.41, 5.74) is 2.64. The van der Waals surface area contributed by atoms with Crippen molar-refractivity contribution in [3.63, 3.8) is 0 Å². The number of nitrogens with one attached hydrogen (secondary N) is 1. The molecular formula is C16H13BrN2O. The molecule has 0 amide bonds. The lowest BCUT2D eigenvalue weighted by Gasteiger charge is -2.19. The first-order chi connectivity index (χ1) is 9.72. The minimum Gasteiger partial charge on any atom is -0.341 e. The summed E-state index contributed by atoms with van der Waals surface area (Å²) in [6.45, 7) is 0. The molecule has 0 aliphatic carbocycles. The highest BCUT2D eigenvalue weighted by Crippen LogP contribution is 2.34. The molecular weight excluding hydrogens is 316 g/mol. The second kappa shape index (κ2) is 5.13. The molecule has 100 valence electrons. The maximum Gasteiger partial charge on any atom is 0.154 e. The Kier molecular flexibility index (Phi) is 3.32. The largest absolute Gasteiger partial charge is 0.341 e. The molecule has 20 heavy (non-hydrogen) atoms. The van der Waals surface area contributed by atoms with E-state index in [1.54, 1.807) is 0 Å². The van der Waals surface area contributed by atoms with Gasteiger partial charge in [0.1, 0.15) is 5.82 Å². The van der Waals surface area contributed by atoms with Gasteiger partial charge in [0, 0.05) is 22.4 Å². The summed E-state index contributed by atoms with van der Waals surface area (Å²) in [6, 6.07) is 15.7. The third-order valence-electron chi connectivity index (χ3n) is 3.39. The molecule has 2 aromatic carbocycles. The summed E-state index contributed by atoms with van der Waals surface area (Å²) in [4.78, 5) is 16.8. The Labute approximate surface area is 125 Å². The summed E-state index contributed by atoms with van der Waals surface area (Å²) in [5.74, 6) is 0.799. The van der Waals surface area contributed by atoms with Crippen LogP contribution in [-0.4, -0.2) is 18.3 Å². The van der Waals surface area contributed by atoms with Gasteiger partial charge in [0.15, 0.2) is 6.29 Å². The maximum absolute atomic E-state index is 11.5. The molecule has 3 rings (SSSR count). The highest BCUT2D eigenvalue weighted by atomic mass is 79.9. The van der Waals surface area contributed by atoms with Crippen molar-refractivity contribution < 1.29 is 4.79 Å². The highest BCUT2D eigenvalue weighted by molar-refractivity contribution is 9.10. The second-order valence-electron chi connectivity index (χ2n) is 4.56. The van der Waals surface area contributed by atoms with Gasteiger partial charge in [-0.2, -0.15) is 0 Å². The molecule has 1 N–H and O–H groups in total. The molecule has 0 unspecified atom stereocenters. The van der Waals surface area contributed by atoms with E-state index in [1.807, 2.05) is 60.5 Å². The van der Waals surface area contributed by atoms with Crippen LogP contribution in [0, 0.1) is 0 Å². The van der Waals surface area contributed by atoms with Gasteiger partial charge in [0.2, 0.25) is 0 Å². The Balaban J connectivity index is 2.19. The van der Waals surface area contributed by atoms with Crippen molar-refractivity contribution in [1.29, 1.82) is 0 Å². The van der Waals surface area contributed by atoms with Gasteiger partial charge in [0.25, 0.3) is 0 Å². The van der Waals surface area contributed by atoms with E-state index >= 15 is 0 Å². The molecule has 1 heterocycles. The van der Waals surface area contributed by atoms with E-state index in [9.17, 15) is 4.79 Å². The smallest absolute Gasteiger partial charge is 0.154 e. The quantitative estimate of drug-likeness (QED) is 0.718. The maximum atomic E-state index is 11.5. The highest BCUT2D eigenvalue weighted by Gasteiger charge is 2.16. The number of fused-ring (bicyclic) bond motifs is 1. The van der Waals surface area contributed by atoms with E-state index < -0.39 is 0 Å². The molecule has 0 aliphatic heterocycles. The zero-order valence-electron chi connectivity index (χ0n) is 10.9. The predicted molar refractivity (Wildman–Crippen MR) is 85.9 cm³/mol. The molecule has 0 atom stereocenters. The molecule has 0 radical (unpaired) electrons. The number of benzene rings is 2. The Bertz CT molecular complexity index is 779. The Morgan fingerprint density at radius 2 is 1.80 bits per heavy atom. The van der Waals surface area contributed by atoms with E-state index in [1.165, 1.54) is 0 Å². The van der Waals surface area contributed by atoms with E-state index in [0.29, 0.717) is 5.56 Å². The zero-order valence-corrected chi connectivity index (χ0v) is 12.5. The first-order valence-corrected chi connectivity index (χ1v) is 7.06. The van der Waals surface area contributed by atoms with Crippen LogP contribution in [0.5, 0.6) is 0 Å². The normalized spacial score (nSPS) is 10.7. The molecule has 4 heteroatoms. The Morgan fingerprint density at radius 3 is 2.55 bits per heavy atom. The minimum absolute atomic E-state index is 0.679. The summed E-state index contributed by atoms with van der Waals surface area (Å²) in [7, 11) is 1.94. The number of H-pyrrole nitrogens is 1. The molecule has 0 saturated heterocycles. The van der Waals surface area contributed by atoms with Gasteiger partial charge in [-0.05, 0) is 34.1 Å². The van der Waals surface area contributed by atoms with Crippen molar-refractivity contribution in [2.75, 3.05) is 11.9 Å². The SMILES string of the molecule is CN(c1ccccc1Br)c1[nH]c2ccccc2c1C=O. The average molecular weight is 329 g/mol. The van der Waals surface area contributed by atoms with Crippen LogP contribution in [0.15, 0.2) is 53.0 Å². The lowest BCUT2D eigenvalue weighted by atomic mass is 10.2. The number of rotatable bonds is 3. The van der Waals surface area contributed by atoms with Crippen LogP contribution in [-0.2, 0) is 0 Å². The van der Waals surface area contributed by atoms with Gasteiger partial charge in [0.05, 0.1) is 11.3 Å². The van der Waals surface area contributed by atoms with Crippen LogP contribution in [0.3, 0.4) is 0 Å². The number of carbonyl (C=O) groups is 1. The van der Waals surface area contributed by atoms with Gasteiger partial charge in [-0.3, -0.25) is 4.79 Å². The van der Waals surface area contributed by atoms with Crippen molar-refractivity contribution in [2.45, 2.75) is 0 Å². The fraction of sp³-hybridized carbons (Fsp3) is 0.0625. The first kappa shape index (κ1) is 12.9. The predicted octanol–water partition coefficient (Wildman–Crippen LogP) is 4.51. The van der Waals surface area contributed by atoms with Gasteiger partial charge >= 0.3 is 0 Å².